The van der Waals surface area contributed by atoms with Crippen molar-refractivity contribution in [3.63, 3.8) is 0 Å². The van der Waals surface area contributed by atoms with Crippen LogP contribution in [-0.4, -0.2) is 55.4 Å². The van der Waals surface area contributed by atoms with E-state index in [0.717, 1.165) is 43.2 Å². The van der Waals surface area contributed by atoms with E-state index in [0.29, 0.717) is 22.7 Å². The molecule has 0 bridgehead atoms. The summed E-state index contributed by atoms with van der Waals surface area (Å²) < 4.78 is 64.8. The van der Waals surface area contributed by atoms with Crippen LogP contribution in [0.1, 0.15) is 120 Å². The monoisotopic (exact) mass is 814 g/mol. The molecule has 1 heterocycles. The molecule has 1 aliphatic heterocycles. The van der Waals surface area contributed by atoms with Crippen LogP contribution in [-0.2, 0) is 25.0 Å². The summed E-state index contributed by atoms with van der Waals surface area (Å²) in [6, 6.07) is 17.0. The number of nitrogens with zero attached hydrogens (tertiary/aromatic N) is 2. The fraction of sp³-hybridized carbons (Fsp3) is 0.475. The van der Waals surface area contributed by atoms with Crippen LogP contribution < -0.4 is 15.8 Å². The van der Waals surface area contributed by atoms with E-state index in [-0.39, 0.29) is 27.2 Å². The minimum Gasteiger partial charge on any atom is -0.352 e. The molecule has 4 N–H and O–H groups in total. The third kappa shape index (κ3) is 14.7. The van der Waals surface area contributed by atoms with Gasteiger partial charge in [-0.25, -0.2) is 10.0 Å². The van der Waals surface area contributed by atoms with E-state index in [4.69, 9.17) is 0 Å². The Morgan fingerprint density at radius 1 is 0.727 bits per heavy atom. The Balaban J connectivity index is 1.27. The number of hydrogen-bond donors (Lipinski definition) is 4. The molecule has 55 heavy (non-hydrogen) atoms. The van der Waals surface area contributed by atoms with E-state index in [2.05, 4.69) is 22.7 Å². The lowest BCUT2D eigenvalue weighted by molar-refractivity contribution is -0.116. The molecule has 2 amide bonds. The Labute approximate surface area is 330 Å². The number of carbonyl (C=O) groups is 2. The average molecular weight is 815 g/mol. The summed E-state index contributed by atoms with van der Waals surface area (Å²) in [5.74, 6) is -0.476. The van der Waals surface area contributed by atoms with Gasteiger partial charge < -0.3 is 5.32 Å². The van der Waals surface area contributed by atoms with Gasteiger partial charge in [-0.15, -0.1) is 11.8 Å². The second-order valence-corrected chi connectivity index (χ2v) is 17.8. The maximum absolute atomic E-state index is 13.8. The zero-order valence-corrected chi connectivity index (χ0v) is 33.9. The van der Waals surface area contributed by atoms with Crippen LogP contribution in [0.5, 0.6) is 0 Å². The van der Waals surface area contributed by atoms with Gasteiger partial charge in [0.1, 0.15) is 11.1 Å². The van der Waals surface area contributed by atoms with Crippen LogP contribution in [0.2, 0.25) is 0 Å². The van der Waals surface area contributed by atoms with Gasteiger partial charge in [-0.05, 0) is 73.2 Å². The third-order valence-electron chi connectivity index (χ3n) is 9.36. The summed E-state index contributed by atoms with van der Waals surface area (Å²) >= 11 is 1.15. The van der Waals surface area contributed by atoms with Crippen molar-refractivity contribution < 1.29 is 35.5 Å². The molecule has 0 radical (unpaired) electrons. The van der Waals surface area contributed by atoms with Crippen molar-refractivity contribution in [2.45, 2.75) is 130 Å². The lowest BCUT2D eigenvalue weighted by atomic mass is 10.0. The Morgan fingerprint density at radius 3 is 1.73 bits per heavy atom. The largest absolute Gasteiger partial charge is 0.352 e. The maximum atomic E-state index is 13.8. The highest BCUT2D eigenvalue weighted by atomic mass is 32.2. The highest BCUT2D eigenvalue weighted by molar-refractivity contribution is 8.01. The molecule has 4 rings (SSSR count). The SMILES string of the molecule is CCCCCCCCCCCCCCCCCCNC(=O)c1cccc(SC2C(=O)N(c3ccc(S(=O)(=O)O)cc3)NC2=Nc2ccc(S(=O)(=O)O)cc2)c1. The number of hydrogen-bond acceptors (Lipinski definition) is 8. The third-order valence-corrected chi connectivity index (χ3v) is 12.3. The number of rotatable bonds is 24. The van der Waals surface area contributed by atoms with E-state index >= 15 is 0 Å². The van der Waals surface area contributed by atoms with Gasteiger partial charge in [0.15, 0.2) is 0 Å². The minimum atomic E-state index is -4.45. The van der Waals surface area contributed by atoms with Crippen LogP contribution in [0.3, 0.4) is 0 Å². The van der Waals surface area contributed by atoms with Crippen LogP contribution in [0, 0.1) is 0 Å². The van der Waals surface area contributed by atoms with Gasteiger partial charge in [0, 0.05) is 17.0 Å². The van der Waals surface area contributed by atoms with Gasteiger partial charge in [-0.3, -0.25) is 24.1 Å². The number of thioether (sulfide) groups is 1. The standard InChI is InChI=1S/C40H54N4O8S3/c1-2-3-4-5-6-7-8-9-10-11-12-13-14-15-16-17-29-41-39(45)31-19-18-20-34(30-31)53-37-38(42-32-21-25-35(26-22-32)54(47,48)49)43-44(40(37)46)33-23-27-36(28-24-33)55(50,51)52/h18-28,30,37H,2-17,29H2,1H3,(H,41,45)(H,42,43)(H,47,48,49)(H,50,51,52). The van der Waals surface area contributed by atoms with E-state index in [1.54, 1.807) is 24.3 Å². The Kier molecular flexibility index (Phi) is 17.7. The number of benzene rings is 3. The molecule has 1 unspecified atom stereocenters. The van der Waals surface area contributed by atoms with Gasteiger partial charge in [0.05, 0.1) is 21.2 Å². The van der Waals surface area contributed by atoms with Crippen LogP contribution in [0.15, 0.2) is 92.5 Å². The molecular formula is C40H54N4O8S3. The van der Waals surface area contributed by atoms with Crippen LogP contribution in [0.25, 0.3) is 0 Å². The van der Waals surface area contributed by atoms with Crippen molar-refractivity contribution in [2.75, 3.05) is 11.6 Å². The molecule has 1 aliphatic rings. The number of aliphatic imine (C=N–C) groups is 1. The summed E-state index contributed by atoms with van der Waals surface area (Å²) in [6.07, 6.45) is 20.5. The molecule has 15 heteroatoms. The number of unbranched alkanes of at least 4 members (excludes halogenated alkanes) is 15. The smallest absolute Gasteiger partial charge is 0.294 e. The number of anilines is 1. The molecule has 3 aromatic carbocycles. The first kappa shape index (κ1) is 44.0. The van der Waals surface area contributed by atoms with Crippen molar-refractivity contribution in [3.8, 4) is 0 Å². The maximum Gasteiger partial charge on any atom is 0.294 e. The molecule has 1 saturated heterocycles. The predicted molar refractivity (Wildman–Crippen MR) is 218 cm³/mol. The zero-order chi connectivity index (χ0) is 39.7. The van der Waals surface area contributed by atoms with Gasteiger partial charge in [0.25, 0.3) is 32.1 Å². The second kappa shape index (κ2) is 22.1. The van der Waals surface area contributed by atoms with Crippen molar-refractivity contribution in [3.05, 3.63) is 78.4 Å². The Hall–Kier alpha value is -3.76. The van der Waals surface area contributed by atoms with E-state index in [1.165, 1.54) is 125 Å². The van der Waals surface area contributed by atoms with Gasteiger partial charge in [-0.2, -0.15) is 16.8 Å². The first-order chi connectivity index (χ1) is 26.4. The molecular weight excluding hydrogens is 761 g/mol. The zero-order valence-electron chi connectivity index (χ0n) is 31.5. The molecule has 3 aromatic rings. The number of carbonyl (C=O) groups excluding carboxylic acids is 2. The molecule has 0 aromatic heterocycles. The quantitative estimate of drug-likeness (QED) is 0.0503. The Morgan fingerprint density at radius 2 is 1.22 bits per heavy atom. The lowest BCUT2D eigenvalue weighted by Crippen LogP contribution is -2.35. The van der Waals surface area contributed by atoms with E-state index in [9.17, 15) is 35.5 Å². The average Bonchev–Trinajstić information content (AvgIpc) is 3.45. The molecule has 1 fully saturated rings. The number of amidine groups is 1. The molecule has 1 atom stereocenters. The highest BCUT2D eigenvalue weighted by Crippen LogP contribution is 2.32. The predicted octanol–water partition coefficient (Wildman–Crippen LogP) is 8.91. The van der Waals surface area contributed by atoms with Crippen molar-refractivity contribution in [1.29, 1.82) is 0 Å². The molecule has 300 valence electrons. The molecule has 0 spiro atoms. The molecule has 12 nitrogen and oxygen atoms in total. The summed E-state index contributed by atoms with van der Waals surface area (Å²) in [4.78, 5) is 31.3. The van der Waals surface area contributed by atoms with Crippen molar-refractivity contribution in [1.82, 2.24) is 10.7 Å². The normalized spacial score (nSPS) is 15.4. The number of amides is 2. The fourth-order valence-electron chi connectivity index (χ4n) is 6.27. The summed E-state index contributed by atoms with van der Waals surface area (Å²) in [6.45, 7) is 2.82. The van der Waals surface area contributed by atoms with Crippen molar-refractivity contribution in [2.24, 2.45) is 4.99 Å². The highest BCUT2D eigenvalue weighted by Gasteiger charge is 2.39. The first-order valence-electron chi connectivity index (χ1n) is 19.3. The lowest BCUT2D eigenvalue weighted by Gasteiger charge is -2.16. The van der Waals surface area contributed by atoms with Crippen molar-refractivity contribution >= 4 is 61.0 Å². The number of nitrogens with one attached hydrogen (secondary N) is 2. The van der Waals surface area contributed by atoms with E-state index in [1.807, 2.05) is 0 Å². The minimum absolute atomic E-state index is 0.187. The first-order valence-corrected chi connectivity index (χ1v) is 23.0. The van der Waals surface area contributed by atoms with Crippen LogP contribution >= 0.6 is 11.8 Å². The Bertz CT molecular complexity index is 1940. The second-order valence-electron chi connectivity index (χ2n) is 13.8. The van der Waals surface area contributed by atoms with E-state index < -0.39 is 31.4 Å². The fourth-order valence-corrected chi connectivity index (χ4v) is 8.27. The summed E-state index contributed by atoms with van der Waals surface area (Å²) in [5.41, 5.74) is 3.95. The molecule has 0 saturated carbocycles. The summed E-state index contributed by atoms with van der Waals surface area (Å²) in [5, 5.41) is 3.24. The van der Waals surface area contributed by atoms with Crippen LogP contribution in [0.4, 0.5) is 11.4 Å². The molecule has 0 aliphatic carbocycles. The topological polar surface area (TPSA) is 183 Å². The van der Waals surface area contributed by atoms with Gasteiger partial charge in [0.2, 0.25) is 0 Å². The number of hydrazine groups is 1. The van der Waals surface area contributed by atoms with Gasteiger partial charge >= 0.3 is 0 Å². The van der Waals surface area contributed by atoms with Gasteiger partial charge in [-0.1, -0.05) is 109 Å². The summed E-state index contributed by atoms with van der Waals surface area (Å²) in [7, 11) is -8.87.